The Morgan fingerprint density at radius 3 is 2.07 bits per heavy atom. The maximum atomic E-state index is 12.3. The van der Waals surface area contributed by atoms with Crippen molar-refractivity contribution < 1.29 is 24.2 Å². The monoisotopic (exact) mass is 387 g/mol. The second-order valence-electron chi connectivity index (χ2n) is 7.64. The summed E-state index contributed by atoms with van der Waals surface area (Å²) in [6, 6.07) is 0. The van der Waals surface area contributed by atoms with E-state index in [1.807, 2.05) is 20.8 Å². The fraction of sp³-hybridized carbons (Fsp3) is 0.842. The summed E-state index contributed by atoms with van der Waals surface area (Å²) in [5.41, 5.74) is -0.507. The minimum Gasteiger partial charge on any atom is -0.465 e. The van der Waals surface area contributed by atoms with E-state index in [1.54, 1.807) is 0 Å². The van der Waals surface area contributed by atoms with E-state index in [-0.39, 0.29) is 11.8 Å². The van der Waals surface area contributed by atoms with Gasteiger partial charge in [0.2, 0.25) is 5.91 Å². The van der Waals surface area contributed by atoms with Gasteiger partial charge in [0.15, 0.2) is 0 Å². The van der Waals surface area contributed by atoms with Crippen molar-refractivity contribution in [3.63, 3.8) is 0 Å². The lowest BCUT2D eigenvalue weighted by Gasteiger charge is -2.20. The van der Waals surface area contributed by atoms with Gasteiger partial charge in [-0.2, -0.15) is 0 Å². The number of hydrogen-bond donors (Lipinski definition) is 4. The van der Waals surface area contributed by atoms with Crippen molar-refractivity contribution in [2.75, 3.05) is 19.6 Å². The van der Waals surface area contributed by atoms with Gasteiger partial charge in [-0.25, -0.2) is 9.59 Å². The molecule has 0 aromatic carbocycles. The number of hydrogen-bond acceptors (Lipinski definition) is 4. The van der Waals surface area contributed by atoms with Crippen LogP contribution in [-0.4, -0.2) is 48.4 Å². The molecule has 4 N–H and O–H groups in total. The van der Waals surface area contributed by atoms with Crippen LogP contribution in [0.2, 0.25) is 0 Å². The number of carbonyl (C=O) groups is 3. The average molecular weight is 388 g/mol. The zero-order valence-electron chi connectivity index (χ0n) is 17.2. The first-order valence-electron chi connectivity index (χ1n) is 9.87. The van der Waals surface area contributed by atoms with Crippen LogP contribution in [0.5, 0.6) is 0 Å². The van der Waals surface area contributed by atoms with Crippen molar-refractivity contribution in [2.24, 2.45) is 5.92 Å². The maximum absolute atomic E-state index is 12.3. The average Bonchev–Trinajstić information content (AvgIpc) is 2.54. The van der Waals surface area contributed by atoms with E-state index in [4.69, 9.17) is 9.84 Å². The Balaban J connectivity index is 4.05. The summed E-state index contributed by atoms with van der Waals surface area (Å²) in [7, 11) is 0. The minimum absolute atomic E-state index is 0.0267. The van der Waals surface area contributed by atoms with Crippen molar-refractivity contribution in [1.82, 2.24) is 16.0 Å². The van der Waals surface area contributed by atoms with Gasteiger partial charge < -0.3 is 25.8 Å². The molecule has 0 bridgehead atoms. The molecule has 0 spiro atoms. The Hall–Kier alpha value is -1.99. The van der Waals surface area contributed by atoms with Gasteiger partial charge in [-0.15, -0.1) is 0 Å². The highest BCUT2D eigenvalue weighted by atomic mass is 16.6. The SMILES string of the molecule is CCCCC(CCCCNC(=O)OC(C)(C)C)C(=O)NCCCNC(=O)O. The summed E-state index contributed by atoms with van der Waals surface area (Å²) in [5.74, 6) is -0.0159. The summed E-state index contributed by atoms with van der Waals surface area (Å²) in [4.78, 5) is 34.3. The normalized spacial score (nSPS) is 12.1. The van der Waals surface area contributed by atoms with Crippen molar-refractivity contribution in [3.05, 3.63) is 0 Å². The molecule has 27 heavy (non-hydrogen) atoms. The number of ether oxygens (including phenoxy) is 1. The smallest absolute Gasteiger partial charge is 0.407 e. The van der Waals surface area contributed by atoms with Crippen molar-refractivity contribution in [2.45, 2.75) is 78.2 Å². The third kappa shape index (κ3) is 15.9. The second kappa shape index (κ2) is 14.1. The zero-order chi connectivity index (χ0) is 20.7. The summed E-state index contributed by atoms with van der Waals surface area (Å²) >= 11 is 0. The van der Waals surface area contributed by atoms with Gasteiger partial charge >= 0.3 is 12.2 Å². The minimum atomic E-state index is -1.05. The van der Waals surface area contributed by atoms with E-state index >= 15 is 0 Å². The predicted molar refractivity (Wildman–Crippen MR) is 105 cm³/mol. The molecule has 0 aliphatic carbocycles. The molecule has 0 radical (unpaired) electrons. The highest BCUT2D eigenvalue weighted by molar-refractivity contribution is 5.78. The van der Waals surface area contributed by atoms with Crippen LogP contribution < -0.4 is 16.0 Å². The summed E-state index contributed by atoms with van der Waals surface area (Å²) in [5, 5.41) is 16.4. The van der Waals surface area contributed by atoms with E-state index in [9.17, 15) is 14.4 Å². The predicted octanol–water partition coefficient (Wildman–Crippen LogP) is 3.26. The Kier molecular flexibility index (Phi) is 13.1. The molecule has 0 heterocycles. The Bertz CT molecular complexity index is 449. The molecule has 158 valence electrons. The van der Waals surface area contributed by atoms with Crippen LogP contribution >= 0.6 is 0 Å². The van der Waals surface area contributed by atoms with E-state index < -0.39 is 17.8 Å². The highest BCUT2D eigenvalue weighted by Gasteiger charge is 2.18. The first-order chi connectivity index (χ1) is 12.7. The van der Waals surface area contributed by atoms with E-state index in [0.29, 0.717) is 26.1 Å². The maximum Gasteiger partial charge on any atom is 0.407 e. The third-order valence-corrected chi connectivity index (χ3v) is 3.85. The van der Waals surface area contributed by atoms with Gasteiger partial charge in [0, 0.05) is 25.6 Å². The van der Waals surface area contributed by atoms with Crippen LogP contribution in [-0.2, 0) is 9.53 Å². The number of unbranched alkanes of at least 4 members (excludes halogenated alkanes) is 2. The van der Waals surface area contributed by atoms with E-state index in [0.717, 1.165) is 38.5 Å². The molecular formula is C19H37N3O5. The summed E-state index contributed by atoms with van der Waals surface area (Å²) in [6.07, 6.45) is 4.37. The molecule has 1 unspecified atom stereocenters. The molecule has 0 aliphatic rings. The summed E-state index contributed by atoms with van der Waals surface area (Å²) in [6.45, 7) is 8.87. The van der Waals surface area contributed by atoms with Crippen molar-refractivity contribution in [1.29, 1.82) is 0 Å². The van der Waals surface area contributed by atoms with E-state index in [2.05, 4.69) is 22.9 Å². The molecule has 3 amide bonds. The molecule has 0 rings (SSSR count). The molecule has 1 atom stereocenters. The van der Waals surface area contributed by atoms with Crippen molar-refractivity contribution >= 4 is 18.1 Å². The molecule has 0 fully saturated rings. The largest absolute Gasteiger partial charge is 0.465 e. The van der Waals surface area contributed by atoms with Crippen LogP contribution in [0.4, 0.5) is 9.59 Å². The molecule has 0 aliphatic heterocycles. The van der Waals surface area contributed by atoms with Crippen LogP contribution in [0.25, 0.3) is 0 Å². The number of carbonyl (C=O) groups excluding carboxylic acids is 2. The van der Waals surface area contributed by atoms with Gasteiger partial charge in [0.25, 0.3) is 0 Å². The lowest BCUT2D eigenvalue weighted by molar-refractivity contribution is -0.125. The number of carboxylic acid groups (broad SMARTS) is 1. The molecular weight excluding hydrogens is 350 g/mol. The third-order valence-electron chi connectivity index (χ3n) is 3.85. The second-order valence-corrected chi connectivity index (χ2v) is 7.64. The fourth-order valence-corrected chi connectivity index (χ4v) is 2.52. The van der Waals surface area contributed by atoms with Gasteiger partial charge in [-0.3, -0.25) is 4.79 Å². The highest BCUT2D eigenvalue weighted by Crippen LogP contribution is 2.16. The molecule has 0 saturated carbocycles. The lowest BCUT2D eigenvalue weighted by atomic mass is 9.95. The first kappa shape index (κ1) is 25.0. The lowest BCUT2D eigenvalue weighted by Crippen LogP contribution is -2.34. The number of nitrogens with one attached hydrogen (secondary N) is 3. The van der Waals surface area contributed by atoms with Gasteiger partial charge in [0.05, 0.1) is 0 Å². The first-order valence-corrected chi connectivity index (χ1v) is 9.87. The Labute approximate surface area is 162 Å². The number of rotatable bonds is 13. The summed E-state index contributed by atoms with van der Waals surface area (Å²) < 4.78 is 5.18. The molecule has 8 nitrogen and oxygen atoms in total. The fourth-order valence-electron chi connectivity index (χ4n) is 2.52. The quantitative estimate of drug-likeness (QED) is 0.362. The van der Waals surface area contributed by atoms with Crippen LogP contribution in [0.3, 0.4) is 0 Å². The molecule has 8 heteroatoms. The topological polar surface area (TPSA) is 117 Å². The molecule has 0 aromatic rings. The van der Waals surface area contributed by atoms with Crippen molar-refractivity contribution in [3.8, 4) is 0 Å². The number of amides is 3. The Morgan fingerprint density at radius 2 is 1.48 bits per heavy atom. The zero-order valence-corrected chi connectivity index (χ0v) is 17.2. The van der Waals surface area contributed by atoms with Crippen LogP contribution in [0, 0.1) is 5.92 Å². The van der Waals surface area contributed by atoms with Crippen LogP contribution in [0.15, 0.2) is 0 Å². The van der Waals surface area contributed by atoms with Gasteiger partial charge in [-0.05, 0) is 46.5 Å². The molecule has 0 saturated heterocycles. The van der Waals surface area contributed by atoms with Gasteiger partial charge in [-0.1, -0.05) is 26.2 Å². The van der Waals surface area contributed by atoms with Gasteiger partial charge in [0.1, 0.15) is 5.60 Å². The van der Waals surface area contributed by atoms with Crippen LogP contribution in [0.1, 0.15) is 72.6 Å². The molecule has 0 aromatic heterocycles. The van der Waals surface area contributed by atoms with E-state index in [1.165, 1.54) is 0 Å². The standard InChI is InChI=1S/C19H37N3O5/c1-5-6-10-15(16(23)20-13-9-14-21-17(24)25)11-7-8-12-22-18(26)27-19(2,3)4/h15,21H,5-14H2,1-4H3,(H,20,23)(H,22,26)(H,24,25). The number of alkyl carbamates (subject to hydrolysis) is 1. The Morgan fingerprint density at radius 1 is 0.889 bits per heavy atom.